The number of rotatable bonds is 36. The summed E-state index contributed by atoms with van der Waals surface area (Å²) in [6, 6.07) is 0. The van der Waals surface area contributed by atoms with Crippen molar-refractivity contribution < 1.29 is 38.9 Å². The molecule has 2 unspecified atom stereocenters. The summed E-state index contributed by atoms with van der Waals surface area (Å²) in [7, 11) is 0. The van der Waals surface area contributed by atoms with Crippen molar-refractivity contribution in [1.29, 1.82) is 0 Å². The summed E-state index contributed by atoms with van der Waals surface area (Å²) >= 11 is 0. The zero-order chi connectivity index (χ0) is 38.8. The Morgan fingerprint density at radius 2 is 0.846 bits per heavy atom. The molecule has 8 nitrogen and oxygen atoms in total. The standard InChI is InChI=1S/C44H78O8/c1-5-9-11-13-15-17-19-21-23-25-27-29-31-33-35-37-39(45)44(50,43(49,7-3)41(47)51-8-4)42(48)52-40(46)38-36-34-32-30-28-26-24-22-20-18-16-14-12-10-6-2/h21-24,49-50H,5-20,25-38H2,1-4H3/b23-21-,24-22-. The van der Waals surface area contributed by atoms with E-state index in [9.17, 15) is 29.4 Å². The maximum Gasteiger partial charge on any atom is 0.357 e. The van der Waals surface area contributed by atoms with E-state index >= 15 is 0 Å². The van der Waals surface area contributed by atoms with Gasteiger partial charge >= 0.3 is 17.9 Å². The number of hydrogen-bond donors (Lipinski definition) is 2. The van der Waals surface area contributed by atoms with Crippen LogP contribution in [-0.4, -0.2) is 51.7 Å². The van der Waals surface area contributed by atoms with Crippen molar-refractivity contribution in [3.8, 4) is 0 Å². The molecule has 0 rings (SSSR count). The lowest BCUT2D eigenvalue weighted by molar-refractivity contribution is -0.213. The largest absolute Gasteiger partial charge is 0.464 e. The van der Waals surface area contributed by atoms with Crippen molar-refractivity contribution in [2.24, 2.45) is 0 Å². The molecule has 0 bridgehead atoms. The summed E-state index contributed by atoms with van der Waals surface area (Å²) in [6.07, 6.45) is 36.3. The molecule has 0 aromatic heterocycles. The third-order valence-corrected chi connectivity index (χ3v) is 9.94. The number of ketones is 1. The number of esters is 3. The second-order valence-corrected chi connectivity index (χ2v) is 14.5. The van der Waals surface area contributed by atoms with E-state index in [2.05, 4.69) is 38.2 Å². The van der Waals surface area contributed by atoms with E-state index in [1.165, 1.54) is 90.9 Å². The van der Waals surface area contributed by atoms with Gasteiger partial charge in [-0.05, 0) is 77.6 Å². The highest BCUT2D eigenvalue weighted by molar-refractivity contribution is 6.14. The van der Waals surface area contributed by atoms with Gasteiger partial charge in [-0.25, -0.2) is 9.59 Å². The summed E-state index contributed by atoms with van der Waals surface area (Å²) in [5.74, 6) is -4.89. The summed E-state index contributed by atoms with van der Waals surface area (Å²) < 4.78 is 9.87. The van der Waals surface area contributed by atoms with Gasteiger partial charge in [0, 0.05) is 12.8 Å². The number of allylic oxidation sites excluding steroid dienone is 4. The van der Waals surface area contributed by atoms with Crippen LogP contribution in [0.1, 0.15) is 214 Å². The molecule has 0 aliphatic carbocycles. The van der Waals surface area contributed by atoms with Gasteiger partial charge in [0.05, 0.1) is 6.61 Å². The fourth-order valence-corrected chi connectivity index (χ4v) is 6.42. The van der Waals surface area contributed by atoms with Crippen molar-refractivity contribution in [3.05, 3.63) is 24.3 Å². The molecule has 0 aliphatic heterocycles. The van der Waals surface area contributed by atoms with Gasteiger partial charge in [-0.3, -0.25) is 9.59 Å². The Morgan fingerprint density at radius 1 is 0.481 bits per heavy atom. The Labute approximate surface area is 318 Å². The first-order chi connectivity index (χ1) is 25.1. The zero-order valence-corrected chi connectivity index (χ0v) is 33.9. The quantitative estimate of drug-likeness (QED) is 0.0282. The van der Waals surface area contributed by atoms with Crippen LogP contribution in [0.2, 0.25) is 0 Å². The van der Waals surface area contributed by atoms with Crippen molar-refractivity contribution in [2.45, 2.75) is 225 Å². The Balaban J connectivity index is 4.68. The van der Waals surface area contributed by atoms with Gasteiger partial charge in [-0.15, -0.1) is 0 Å². The zero-order valence-electron chi connectivity index (χ0n) is 33.9. The highest BCUT2D eigenvalue weighted by Gasteiger charge is 2.65. The second-order valence-electron chi connectivity index (χ2n) is 14.5. The first kappa shape index (κ1) is 49.7. The van der Waals surface area contributed by atoms with Gasteiger partial charge in [0.2, 0.25) is 5.60 Å². The smallest absolute Gasteiger partial charge is 0.357 e. The Morgan fingerprint density at radius 3 is 1.23 bits per heavy atom. The minimum Gasteiger partial charge on any atom is -0.464 e. The molecule has 0 radical (unpaired) electrons. The van der Waals surface area contributed by atoms with E-state index in [1.807, 2.05) is 0 Å². The van der Waals surface area contributed by atoms with Crippen LogP contribution in [0.25, 0.3) is 0 Å². The normalized spacial score (nSPS) is 14.0. The molecule has 0 saturated carbocycles. The molecule has 0 saturated heterocycles. The molecule has 302 valence electrons. The monoisotopic (exact) mass is 735 g/mol. The average Bonchev–Trinajstić information content (AvgIpc) is 3.13. The minimum atomic E-state index is -3.26. The third kappa shape index (κ3) is 22.0. The molecule has 2 N–H and O–H groups in total. The van der Waals surface area contributed by atoms with Crippen molar-refractivity contribution in [2.75, 3.05) is 6.61 Å². The van der Waals surface area contributed by atoms with Gasteiger partial charge in [0.1, 0.15) is 0 Å². The molecule has 0 heterocycles. The van der Waals surface area contributed by atoms with Crippen molar-refractivity contribution in [3.63, 3.8) is 0 Å². The first-order valence-electron chi connectivity index (χ1n) is 21.4. The lowest BCUT2D eigenvalue weighted by atomic mass is 9.76. The highest BCUT2D eigenvalue weighted by atomic mass is 16.6. The lowest BCUT2D eigenvalue weighted by Crippen LogP contribution is -2.68. The van der Waals surface area contributed by atoms with Crippen LogP contribution in [0.4, 0.5) is 0 Å². The molecule has 0 amide bonds. The number of carbonyl (C=O) groups is 4. The predicted octanol–water partition coefficient (Wildman–Crippen LogP) is 11.1. The van der Waals surface area contributed by atoms with E-state index < -0.39 is 41.3 Å². The molecule has 0 aromatic rings. The van der Waals surface area contributed by atoms with E-state index in [0.29, 0.717) is 19.3 Å². The van der Waals surface area contributed by atoms with E-state index in [1.54, 1.807) is 0 Å². The van der Waals surface area contributed by atoms with Crippen LogP contribution in [0.15, 0.2) is 24.3 Å². The molecule has 52 heavy (non-hydrogen) atoms. The molecule has 0 fully saturated rings. The van der Waals surface area contributed by atoms with Gasteiger partial charge in [-0.2, -0.15) is 0 Å². The average molecular weight is 735 g/mol. The molecular weight excluding hydrogens is 656 g/mol. The van der Waals surface area contributed by atoms with E-state index in [4.69, 9.17) is 9.47 Å². The summed E-state index contributed by atoms with van der Waals surface area (Å²) in [5.41, 5.74) is -6.14. The Kier molecular flexibility index (Phi) is 31.8. The van der Waals surface area contributed by atoms with Crippen LogP contribution in [0.5, 0.6) is 0 Å². The Bertz CT molecular complexity index is 989. The van der Waals surface area contributed by atoms with Crippen LogP contribution < -0.4 is 0 Å². The van der Waals surface area contributed by atoms with Crippen molar-refractivity contribution >= 4 is 23.7 Å². The van der Waals surface area contributed by atoms with Crippen LogP contribution >= 0.6 is 0 Å². The molecule has 0 spiro atoms. The molecule has 0 aromatic carbocycles. The maximum absolute atomic E-state index is 13.4. The van der Waals surface area contributed by atoms with Crippen molar-refractivity contribution in [1.82, 2.24) is 0 Å². The van der Waals surface area contributed by atoms with E-state index in [-0.39, 0.29) is 19.4 Å². The number of ether oxygens (including phenoxy) is 2. The number of Topliss-reactive ketones (excluding diaryl/α,β-unsaturated/α-hetero) is 1. The Hall–Kier alpha value is -2.32. The molecule has 2 atom stereocenters. The predicted molar refractivity (Wildman–Crippen MR) is 212 cm³/mol. The second kappa shape index (κ2) is 33.3. The van der Waals surface area contributed by atoms with Gasteiger partial charge < -0.3 is 19.7 Å². The first-order valence-corrected chi connectivity index (χ1v) is 21.4. The highest BCUT2D eigenvalue weighted by Crippen LogP contribution is 2.32. The van der Waals surface area contributed by atoms with Crippen LogP contribution in [0.3, 0.4) is 0 Å². The summed E-state index contributed by atoms with van der Waals surface area (Å²) in [6.45, 7) is 7.20. The van der Waals surface area contributed by atoms with Gasteiger partial charge in [-0.1, -0.05) is 148 Å². The molecule has 0 aliphatic rings. The lowest BCUT2D eigenvalue weighted by Gasteiger charge is -2.37. The summed E-state index contributed by atoms with van der Waals surface area (Å²) in [5, 5.41) is 22.8. The van der Waals surface area contributed by atoms with E-state index in [0.717, 1.165) is 70.6 Å². The topological polar surface area (TPSA) is 127 Å². The van der Waals surface area contributed by atoms with Gasteiger partial charge in [0.15, 0.2) is 5.78 Å². The maximum atomic E-state index is 13.4. The van der Waals surface area contributed by atoms with Gasteiger partial charge in [0.25, 0.3) is 5.60 Å². The summed E-state index contributed by atoms with van der Waals surface area (Å²) in [4.78, 5) is 52.0. The fourth-order valence-electron chi connectivity index (χ4n) is 6.42. The van der Waals surface area contributed by atoms with Crippen LogP contribution in [0, 0.1) is 0 Å². The third-order valence-electron chi connectivity index (χ3n) is 9.94. The fraction of sp³-hybridized carbons (Fsp3) is 0.818. The number of hydrogen-bond acceptors (Lipinski definition) is 8. The SMILES string of the molecule is CCCCCCCC/C=C\CCCCCCCC(=O)OC(=O)C(O)(C(=O)CCCCCCC/C=C\CCCCCCCC)C(O)(CC)C(=O)OCC. The minimum absolute atomic E-state index is 0.0770. The molecule has 8 heteroatoms. The molecular formula is C44H78O8. The number of aliphatic hydroxyl groups is 2. The van der Waals surface area contributed by atoms with Crippen LogP contribution in [-0.2, 0) is 28.7 Å². The number of unbranched alkanes of at least 4 members (excludes halogenated alkanes) is 22. The number of carbonyl (C=O) groups excluding carboxylic acids is 4.